The molecule has 0 aliphatic heterocycles. The fraction of sp³-hybridized carbons (Fsp3) is 0.407. The molecule has 6 nitrogen and oxygen atoms in total. The van der Waals surface area contributed by atoms with Crippen LogP contribution in [0.5, 0.6) is 5.75 Å². The lowest BCUT2D eigenvalue weighted by atomic mass is 10.0. The van der Waals surface area contributed by atoms with Crippen molar-refractivity contribution >= 4 is 11.8 Å². The number of benzene rings is 2. The van der Waals surface area contributed by atoms with Crippen LogP contribution in [0.1, 0.15) is 37.0 Å². The quantitative estimate of drug-likeness (QED) is 0.489. The molecule has 0 fully saturated rings. The number of terminal acetylenes is 1. The Kier molecular flexibility index (Phi) is 9.96. The molecule has 2 amide bonds. The zero-order valence-corrected chi connectivity index (χ0v) is 20.1. The van der Waals surface area contributed by atoms with E-state index in [9.17, 15) is 9.59 Å². The monoisotopic (exact) mass is 449 g/mol. The van der Waals surface area contributed by atoms with Crippen LogP contribution in [-0.4, -0.2) is 55.5 Å². The summed E-state index contributed by atoms with van der Waals surface area (Å²) in [5, 5.41) is 5.60. The van der Waals surface area contributed by atoms with Gasteiger partial charge in [0.25, 0.3) is 0 Å². The van der Waals surface area contributed by atoms with Gasteiger partial charge < -0.3 is 15.4 Å². The fourth-order valence-electron chi connectivity index (χ4n) is 3.28. The fourth-order valence-corrected chi connectivity index (χ4v) is 3.28. The van der Waals surface area contributed by atoms with E-state index in [1.165, 1.54) is 16.7 Å². The molecule has 0 bridgehead atoms. The summed E-state index contributed by atoms with van der Waals surface area (Å²) in [6.07, 6.45) is 6.29. The Balaban J connectivity index is 1.73. The van der Waals surface area contributed by atoms with Crippen molar-refractivity contribution < 1.29 is 14.3 Å². The van der Waals surface area contributed by atoms with Crippen LogP contribution in [0.25, 0.3) is 0 Å². The van der Waals surface area contributed by atoms with Crippen LogP contribution in [0, 0.1) is 19.3 Å². The molecule has 2 aromatic rings. The molecule has 2 rings (SSSR count). The second kappa shape index (κ2) is 12.7. The summed E-state index contributed by atoms with van der Waals surface area (Å²) in [5.74, 6) is 2.78. The molecule has 0 heterocycles. The second-order valence-corrected chi connectivity index (χ2v) is 8.72. The van der Waals surface area contributed by atoms with Gasteiger partial charge in [0.15, 0.2) is 0 Å². The lowest BCUT2D eigenvalue weighted by Crippen LogP contribution is -2.55. The number of nitrogens with one attached hydrogen (secondary N) is 2. The van der Waals surface area contributed by atoms with Gasteiger partial charge in [-0.2, -0.15) is 0 Å². The normalized spacial score (nSPS) is 11.0. The van der Waals surface area contributed by atoms with E-state index in [1.54, 1.807) is 13.8 Å². The summed E-state index contributed by atoms with van der Waals surface area (Å²) in [5.41, 5.74) is 2.76. The predicted octanol–water partition coefficient (Wildman–Crippen LogP) is 2.93. The van der Waals surface area contributed by atoms with Gasteiger partial charge in [-0.1, -0.05) is 42.3 Å². The van der Waals surface area contributed by atoms with Crippen LogP contribution in [0.2, 0.25) is 0 Å². The lowest BCUT2D eigenvalue weighted by Gasteiger charge is -2.25. The van der Waals surface area contributed by atoms with E-state index < -0.39 is 5.54 Å². The minimum atomic E-state index is -1.01. The average Bonchev–Trinajstić information content (AvgIpc) is 2.76. The van der Waals surface area contributed by atoms with E-state index in [4.69, 9.17) is 11.2 Å². The van der Waals surface area contributed by atoms with E-state index in [0.717, 1.165) is 6.42 Å². The predicted molar refractivity (Wildman–Crippen MR) is 132 cm³/mol. The molecule has 0 atom stereocenters. The summed E-state index contributed by atoms with van der Waals surface area (Å²) < 4.78 is 5.71. The van der Waals surface area contributed by atoms with Gasteiger partial charge >= 0.3 is 0 Å². The molecule has 2 N–H and O–H groups in total. The van der Waals surface area contributed by atoms with Crippen molar-refractivity contribution in [3.05, 3.63) is 65.2 Å². The first-order valence-corrected chi connectivity index (χ1v) is 11.2. The Morgan fingerprint density at radius 3 is 2.48 bits per heavy atom. The number of nitrogens with zero attached hydrogens (tertiary/aromatic N) is 1. The third-order valence-corrected chi connectivity index (χ3v) is 5.34. The van der Waals surface area contributed by atoms with Crippen molar-refractivity contribution in [1.29, 1.82) is 0 Å². The van der Waals surface area contributed by atoms with Gasteiger partial charge in [0, 0.05) is 13.1 Å². The third-order valence-electron chi connectivity index (χ3n) is 5.34. The zero-order chi connectivity index (χ0) is 24.3. The van der Waals surface area contributed by atoms with Gasteiger partial charge in [0.1, 0.15) is 11.3 Å². The molecule has 0 aliphatic carbocycles. The molecule has 2 aromatic carbocycles. The average molecular weight is 450 g/mol. The van der Waals surface area contributed by atoms with Crippen molar-refractivity contribution in [2.45, 2.75) is 39.2 Å². The molecule has 6 heteroatoms. The van der Waals surface area contributed by atoms with Crippen LogP contribution in [-0.2, 0) is 16.0 Å². The van der Waals surface area contributed by atoms with E-state index >= 15 is 0 Å². The molecule has 0 saturated carbocycles. The smallest absolute Gasteiger partial charge is 0.245 e. The molecule has 176 valence electrons. The van der Waals surface area contributed by atoms with E-state index in [-0.39, 0.29) is 24.8 Å². The minimum absolute atomic E-state index is 0.159. The highest BCUT2D eigenvalue weighted by Gasteiger charge is 2.28. The Morgan fingerprint density at radius 1 is 1.12 bits per heavy atom. The van der Waals surface area contributed by atoms with Crippen molar-refractivity contribution in [1.82, 2.24) is 15.5 Å². The first-order chi connectivity index (χ1) is 15.7. The Hall–Kier alpha value is -3.30. The van der Waals surface area contributed by atoms with Gasteiger partial charge in [0.2, 0.25) is 11.8 Å². The summed E-state index contributed by atoms with van der Waals surface area (Å²) in [6.45, 7) is 7.32. The van der Waals surface area contributed by atoms with E-state index in [0.29, 0.717) is 25.4 Å². The number of hydrogen-bond donors (Lipinski definition) is 2. The molecular weight excluding hydrogens is 414 g/mol. The molecule has 0 aliphatic rings. The number of amides is 2. The number of rotatable bonds is 12. The molecule has 33 heavy (non-hydrogen) atoms. The van der Waals surface area contributed by atoms with Crippen LogP contribution >= 0.6 is 0 Å². The van der Waals surface area contributed by atoms with Gasteiger partial charge in [-0.15, -0.1) is 6.42 Å². The maximum atomic E-state index is 12.4. The van der Waals surface area contributed by atoms with E-state index in [1.807, 2.05) is 42.3 Å². The maximum absolute atomic E-state index is 12.4. The number of ether oxygens (including phenoxy) is 1. The second-order valence-electron chi connectivity index (χ2n) is 8.72. The van der Waals surface area contributed by atoms with E-state index in [2.05, 4.69) is 41.7 Å². The van der Waals surface area contributed by atoms with Crippen molar-refractivity contribution in [3.8, 4) is 18.1 Å². The summed E-state index contributed by atoms with van der Waals surface area (Å²) in [6, 6.07) is 16.3. The molecule has 0 saturated heterocycles. The van der Waals surface area contributed by atoms with Crippen molar-refractivity contribution in [3.63, 3.8) is 0 Å². The topological polar surface area (TPSA) is 70.7 Å². The van der Waals surface area contributed by atoms with Crippen LogP contribution in [0.15, 0.2) is 48.5 Å². The number of likely N-dealkylation sites (N-methyl/N-ethyl adjacent to an activating group) is 1. The number of carbonyl (C=O) groups is 2. The highest BCUT2D eigenvalue weighted by atomic mass is 16.5. The van der Waals surface area contributed by atoms with Crippen LogP contribution in [0.4, 0.5) is 0 Å². The summed E-state index contributed by atoms with van der Waals surface area (Å²) in [4.78, 5) is 26.6. The summed E-state index contributed by atoms with van der Waals surface area (Å²) >= 11 is 0. The Bertz CT molecular complexity index is 961. The largest absolute Gasteiger partial charge is 0.493 e. The van der Waals surface area contributed by atoms with Crippen LogP contribution < -0.4 is 15.4 Å². The number of aryl methyl sites for hydroxylation is 1. The standard InChI is InChI=1S/C27H35N3O3/c1-6-17-30(5)18-16-28-26(32)27(3,4)29-25(31)15-19-33-24-13-11-22(12-14-24)20-23-10-8-7-9-21(23)2/h1,7-14H,15-20H2,2-5H3,(H,28,32)(H,29,31). The number of hydrogen-bond acceptors (Lipinski definition) is 4. The Labute approximate surface area is 197 Å². The molecule has 0 unspecified atom stereocenters. The first kappa shape index (κ1) is 26.0. The van der Waals surface area contributed by atoms with Gasteiger partial charge in [0.05, 0.1) is 19.6 Å². The zero-order valence-electron chi connectivity index (χ0n) is 20.1. The van der Waals surface area contributed by atoms with Gasteiger partial charge in [-0.05, 0) is 63.1 Å². The highest BCUT2D eigenvalue weighted by molar-refractivity contribution is 5.90. The molecule has 0 radical (unpaired) electrons. The van der Waals surface area contributed by atoms with Gasteiger partial charge in [-0.3, -0.25) is 14.5 Å². The van der Waals surface area contributed by atoms with Crippen LogP contribution in [0.3, 0.4) is 0 Å². The summed E-state index contributed by atoms with van der Waals surface area (Å²) in [7, 11) is 1.89. The van der Waals surface area contributed by atoms with Crippen molar-refractivity contribution in [2.24, 2.45) is 0 Å². The minimum Gasteiger partial charge on any atom is -0.493 e. The third kappa shape index (κ3) is 8.99. The number of carbonyl (C=O) groups excluding carboxylic acids is 2. The Morgan fingerprint density at radius 2 is 1.82 bits per heavy atom. The molecular formula is C27H35N3O3. The SMILES string of the molecule is C#CCN(C)CCNC(=O)C(C)(C)NC(=O)CCOc1ccc(Cc2ccccc2C)cc1. The maximum Gasteiger partial charge on any atom is 0.245 e. The van der Waals surface area contributed by atoms with Gasteiger partial charge in [-0.25, -0.2) is 0 Å². The van der Waals surface area contributed by atoms with Crippen molar-refractivity contribution in [2.75, 3.05) is 33.3 Å². The highest BCUT2D eigenvalue weighted by Crippen LogP contribution is 2.17. The first-order valence-electron chi connectivity index (χ1n) is 11.2. The molecule has 0 aromatic heterocycles. The lowest BCUT2D eigenvalue weighted by molar-refractivity contribution is -0.132. The molecule has 0 spiro atoms.